The molecule has 1 saturated heterocycles. The number of carbonyl (C=O) groups is 1. The maximum absolute atomic E-state index is 12.3. The van der Waals surface area contributed by atoms with Gasteiger partial charge in [0.05, 0.1) is 29.4 Å². The molecule has 0 atom stereocenters. The Labute approximate surface area is 162 Å². The Kier molecular flexibility index (Phi) is 6.19. The minimum atomic E-state index is -0.109. The van der Waals surface area contributed by atoms with Gasteiger partial charge in [0.25, 0.3) is 0 Å². The van der Waals surface area contributed by atoms with Gasteiger partial charge in [0, 0.05) is 38.4 Å². The largest absolute Gasteiger partial charge is 0.497 e. The van der Waals surface area contributed by atoms with Crippen molar-refractivity contribution in [2.24, 2.45) is 0 Å². The highest BCUT2D eigenvalue weighted by Crippen LogP contribution is 2.29. The highest BCUT2D eigenvalue weighted by molar-refractivity contribution is 6.44. The van der Waals surface area contributed by atoms with Crippen LogP contribution in [-0.4, -0.2) is 55.6 Å². The molecule has 1 aromatic heterocycles. The van der Waals surface area contributed by atoms with E-state index in [1.165, 1.54) is 0 Å². The van der Waals surface area contributed by atoms with Crippen molar-refractivity contribution >= 4 is 40.6 Å². The van der Waals surface area contributed by atoms with E-state index in [0.29, 0.717) is 22.3 Å². The maximum Gasteiger partial charge on any atom is 0.238 e. The molecule has 6 nitrogen and oxygen atoms in total. The van der Waals surface area contributed by atoms with Crippen LogP contribution in [0.5, 0.6) is 5.75 Å². The summed E-state index contributed by atoms with van der Waals surface area (Å²) in [6.45, 7) is 3.45. The topological polar surface area (TPSA) is 57.7 Å². The highest BCUT2D eigenvalue weighted by atomic mass is 35.5. The van der Waals surface area contributed by atoms with Gasteiger partial charge in [-0.3, -0.25) is 9.69 Å². The average Bonchev–Trinajstić information content (AvgIpc) is 2.66. The summed E-state index contributed by atoms with van der Waals surface area (Å²) in [6, 6.07) is 8.92. The lowest BCUT2D eigenvalue weighted by molar-refractivity contribution is -0.117. The molecule has 1 aliphatic rings. The Hall–Kier alpha value is -2.02. The van der Waals surface area contributed by atoms with E-state index in [9.17, 15) is 4.79 Å². The van der Waals surface area contributed by atoms with Gasteiger partial charge in [0.2, 0.25) is 5.91 Å². The second-order valence-electron chi connectivity index (χ2n) is 5.97. The summed E-state index contributed by atoms with van der Waals surface area (Å²) in [5.41, 5.74) is 0.531. The molecule has 26 heavy (non-hydrogen) atoms. The van der Waals surface area contributed by atoms with E-state index >= 15 is 0 Å². The van der Waals surface area contributed by atoms with Crippen molar-refractivity contribution in [1.29, 1.82) is 0 Å². The van der Waals surface area contributed by atoms with Gasteiger partial charge in [-0.1, -0.05) is 29.3 Å². The van der Waals surface area contributed by atoms with Crippen molar-refractivity contribution in [3.63, 3.8) is 0 Å². The van der Waals surface area contributed by atoms with E-state index in [0.717, 1.165) is 37.7 Å². The van der Waals surface area contributed by atoms with Crippen LogP contribution in [0.1, 0.15) is 0 Å². The van der Waals surface area contributed by atoms with Crippen LogP contribution >= 0.6 is 23.2 Å². The molecule has 2 heterocycles. The Balaban J connectivity index is 1.52. The number of halogens is 2. The number of benzene rings is 1. The van der Waals surface area contributed by atoms with Crippen LogP contribution in [0, 0.1) is 0 Å². The van der Waals surface area contributed by atoms with Crippen molar-refractivity contribution in [1.82, 2.24) is 9.88 Å². The molecule has 0 bridgehead atoms. The second-order valence-corrected chi connectivity index (χ2v) is 6.75. The molecule has 0 spiro atoms. The number of amides is 1. The minimum Gasteiger partial charge on any atom is -0.497 e. The van der Waals surface area contributed by atoms with Crippen LogP contribution in [0.25, 0.3) is 0 Å². The van der Waals surface area contributed by atoms with Crippen molar-refractivity contribution in [3.05, 3.63) is 46.6 Å². The van der Waals surface area contributed by atoms with E-state index in [-0.39, 0.29) is 5.91 Å². The van der Waals surface area contributed by atoms with Gasteiger partial charge >= 0.3 is 0 Å². The molecule has 0 aliphatic carbocycles. The zero-order chi connectivity index (χ0) is 18.5. The Morgan fingerprint density at radius 3 is 2.73 bits per heavy atom. The second kappa shape index (κ2) is 8.58. The van der Waals surface area contributed by atoms with E-state index in [1.54, 1.807) is 31.5 Å². The standard InChI is InChI=1S/C18H20Cl2N4O2/c1-26-13-5-6-21-16(11-13)24-9-7-23(8-10-24)12-17(25)22-15-4-2-3-14(19)18(15)20/h2-6,11H,7-10,12H2,1H3,(H,22,25). The molecule has 8 heteroatoms. The first kappa shape index (κ1) is 18.8. The maximum atomic E-state index is 12.3. The number of rotatable bonds is 5. The molecule has 0 saturated carbocycles. The van der Waals surface area contributed by atoms with Gasteiger partial charge in [-0.15, -0.1) is 0 Å². The van der Waals surface area contributed by atoms with Gasteiger partial charge < -0.3 is 15.0 Å². The lowest BCUT2D eigenvalue weighted by Crippen LogP contribution is -2.48. The van der Waals surface area contributed by atoms with Crippen molar-refractivity contribution in [2.75, 3.05) is 50.1 Å². The van der Waals surface area contributed by atoms with Gasteiger partial charge in [-0.05, 0) is 18.2 Å². The quantitative estimate of drug-likeness (QED) is 0.843. The molecule has 1 aromatic carbocycles. The first-order valence-corrected chi connectivity index (χ1v) is 9.03. The molecule has 0 unspecified atom stereocenters. The van der Waals surface area contributed by atoms with E-state index in [2.05, 4.69) is 20.1 Å². The molecule has 3 rings (SSSR count). The first-order chi connectivity index (χ1) is 12.6. The SMILES string of the molecule is COc1ccnc(N2CCN(CC(=O)Nc3cccc(Cl)c3Cl)CC2)c1. The molecular weight excluding hydrogens is 375 g/mol. The van der Waals surface area contributed by atoms with Crippen molar-refractivity contribution in [3.8, 4) is 5.75 Å². The van der Waals surface area contributed by atoms with Crippen LogP contribution in [-0.2, 0) is 4.79 Å². The van der Waals surface area contributed by atoms with Gasteiger partial charge in [-0.2, -0.15) is 0 Å². The molecule has 2 aromatic rings. The number of hydrogen-bond donors (Lipinski definition) is 1. The van der Waals surface area contributed by atoms with Gasteiger partial charge in [-0.25, -0.2) is 4.98 Å². The minimum absolute atomic E-state index is 0.109. The average molecular weight is 395 g/mol. The molecule has 1 amide bonds. The Morgan fingerprint density at radius 1 is 1.23 bits per heavy atom. The van der Waals surface area contributed by atoms with Crippen molar-refractivity contribution in [2.45, 2.75) is 0 Å². The number of nitrogens with one attached hydrogen (secondary N) is 1. The van der Waals surface area contributed by atoms with Crippen LogP contribution < -0.4 is 15.0 Å². The lowest BCUT2D eigenvalue weighted by atomic mass is 10.3. The van der Waals surface area contributed by atoms with Gasteiger partial charge in [0.15, 0.2) is 0 Å². The van der Waals surface area contributed by atoms with Gasteiger partial charge in [0.1, 0.15) is 11.6 Å². The Bertz CT molecular complexity index is 780. The van der Waals surface area contributed by atoms with E-state index in [1.807, 2.05) is 12.1 Å². The molecule has 1 aliphatic heterocycles. The zero-order valence-corrected chi connectivity index (χ0v) is 15.9. The molecule has 1 N–H and O–H groups in total. The molecule has 1 fully saturated rings. The number of nitrogens with zero attached hydrogens (tertiary/aromatic N) is 3. The molecule has 0 radical (unpaired) electrons. The summed E-state index contributed by atoms with van der Waals surface area (Å²) in [5.74, 6) is 1.57. The fraction of sp³-hybridized carbons (Fsp3) is 0.333. The third-order valence-corrected chi connectivity index (χ3v) is 5.06. The number of carbonyl (C=O) groups excluding carboxylic acids is 1. The normalized spacial score (nSPS) is 15.0. The zero-order valence-electron chi connectivity index (χ0n) is 14.4. The number of aromatic nitrogens is 1. The number of piperazine rings is 1. The Morgan fingerprint density at radius 2 is 2.00 bits per heavy atom. The number of methoxy groups -OCH3 is 1. The fourth-order valence-electron chi connectivity index (χ4n) is 2.83. The first-order valence-electron chi connectivity index (χ1n) is 8.28. The van der Waals surface area contributed by atoms with Crippen LogP contribution in [0.15, 0.2) is 36.5 Å². The van der Waals surface area contributed by atoms with Crippen LogP contribution in [0.4, 0.5) is 11.5 Å². The third kappa shape index (κ3) is 4.58. The summed E-state index contributed by atoms with van der Waals surface area (Å²) in [7, 11) is 1.64. The molecule has 138 valence electrons. The predicted octanol–water partition coefficient (Wildman–Crippen LogP) is 3.16. The number of hydrogen-bond acceptors (Lipinski definition) is 5. The van der Waals surface area contributed by atoms with Crippen LogP contribution in [0.2, 0.25) is 10.0 Å². The van der Waals surface area contributed by atoms with Crippen molar-refractivity contribution < 1.29 is 9.53 Å². The van der Waals surface area contributed by atoms with Crippen LogP contribution in [0.3, 0.4) is 0 Å². The molecular formula is C18H20Cl2N4O2. The number of pyridine rings is 1. The van der Waals surface area contributed by atoms with E-state index < -0.39 is 0 Å². The monoisotopic (exact) mass is 394 g/mol. The summed E-state index contributed by atoms with van der Waals surface area (Å²) in [6.07, 6.45) is 1.74. The lowest BCUT2D eigenvalue weighted by Gasteiger charge is -2.35. The summed E-state index contributed by atoms with van der Waals surface area (Å²) in [4.78, 5) is 21.0. The number of ether oxygens (including phenoxy) is 1. The summed E-state index contributed by atoms with van der Waals surface area (Å²) in [5, 5.41) is 3.59. The summed E-state index contributed by atoms with van der Waals surface area (Å²) >= 11 is 12.1. The number of anilines is 2. The fourth-order valence-corrected chi connectivity index (χ4v) is 3.18. The predicted molar refractivity (Wildman–Crippen MR) is 105 cm³/mol. The van der Waals surface area contributed by atoms with E-state index in [4.69, 9.17) is 27.9 Å². The highest BCUT2D eigenvalue weighted by Gasteiger charge is 2.20. The smallest absolute Gasteiger partial charge is 0.238 e. The summed E-state index contributed by atoms with van der Waals surface area (Å²) < 4.78 is 5.24. The third-order valence-electron chi connectivity index (χ3n) is 4.24.